The minimum Gasteiger partial charge on any atom is -2.00 e. The van der Waals surface area contributed by atoms with Gasteiger partial charge in [0.05, 0.1) is 0 Å². The van der Waals surface area contributed by atoms with E-state index in [-0.39, 0.29) is 91.1 Å². The summed E-state index contributed by atoms with van der Waals surface area (Å²) in [5.41, 5.74) is 0. The van der Waals surface area contributed by atoms with E-state index in [1.54, 1.807) is 0 Å². The fraction of sp³-hybridized carbons (Fsp3) is 0. The fourth-order valence-corrected chi connectivity index (χ4v) is 0. The molecule has 0 aliphatic heterocycles. The van der Waals surface area contributed by atoms with E-state index in [0.29, 0.717) is 0 Å². The van der Waals surface area contributed by atoms with E-state index in [9.17, 15) is 0 Å². The van der Waals surface area contributed by atoms with Crippen molar-refractivity contribution < 1.29 is 64.1 Å². The molecular weight excluding hydrogens is 401 g/mol. The molecule has 4 heteroatoms. The molecule has 0 saturated carbocycles. The Balaban J connectivity index is 0. The molecule has 0 atom stereocenters. The molecule has 0 aromatic carbocycles. The Morgan fingerprint density at radius 3 is 0.750 bits per heavy atom. The molecule has 0 aromatic heterocycles. The number of hydrogen-bond acceptors (Lipinski definition) is 0. The van der Waals surface area contributed by atoms with Crippen LogP contribution in [0.15, 0.2) is 0 Å². The summed E-state index contributed by atoms with van der Waals surface area (Å²) in [6.07, 6.45) is 0. The molecule has 0 spiro atoms. The summed E-state index contributed by atoms with van der Waals surface area (Å²) < 4.78 is 0. The molecule has 0 N–H and O–H groups in total. The molecule has 0 unspecified atom stereocenters. The molecule has 0 bridgehead atoms. The van der Waals surface area contributed by atoms with Crippen LogP contribution >= 0.6 is 0 Å². The summed E-state index contributed by atoms with van der Waals surface area (Å²) in [7, 11) is 0. The van der Waals surface area contributed by atoms with Crippen LogP contribution < -0.4 is 0 Å². The molecule has 0 aliphatic carbocycles. The van der Waals surface area contributed by atoms with Crippen molar-refractivity contribution in [2.45, 2.75) is 0 Å². The molecule has 0 nitrogen and oxygen atoms in total. The van der Waals surface area contributed by atoms with E-state index < -0.39 is 0 Å². The summed E-state index contributed by atoms with van der Waals surface area (Å²) in [5.74, 6) is 0. The van der Waals surface area contributed by atoms with Gasteiger partial charge in [0.2, 0.25) is 0 Å². The third-order valence-electron chi connectivity index (χ3n) is 0. The topological polar surface area (TPSA) is 0 Å². The molecular formula is AuCeS2+2. The van der Waals surface area contributed by atoms with Crippen LogP contribution in [0.25, 0.3) is 0 Å². The van der Waals surface area contributed by atoms with E-state index in [0.717, 1.165) is 0 Å². The molecule has 0 heterocycles. The maximum atomic E-state index is 0. The first-order valence-electron chi connectivity index (χ1n) is 0. The average Bonchev–Trinajstić information content (AvgIpc) is 0. The Bertz CT molecular complexity index is 6.00. The normalized spacial score (nSPS) is 0. The van der Waals surface area contributed by atoms with Crippen LogP contribution in [0.1, 0.15) is 0 Å². The van der Waals surface area contributed by atoms with Gasteiger partial charge in [-0.05, 0) is 0 Å². The smallest absolute Gasteiger partial charge is 2.00 e. The SMILES string of the molecule is [Au+3].[Ce+3].[S-2].[S-2]. The van der Waals surface area contributed by atoms with Crippen molar-refractivity contribution in [3.8, 4) is 0 Å². The first kappa shape index (κ1) is 29.1. The molecule has 25 valence electrons. The van der Waals surface area contributed by atoms with Gasteiger partial charge in [0, 0.05) is 0 Å². The Labute approximate surface area is 89.3 Å². The van der Waals surface area contributed by atoms with E-state index in [4.69, 9.17) is 0 Å². The van der Waals surface area contributed by atoms with Gasteiger partial charge in [-0.25, -0.2) is 0 Å². The monoisotopic (exact) mass is 401 g/mol. The molecule has 1 radical (unpaired) electrons. The standard InChI is InChI=1S/Au.Ce.2S/q2*+3;2*-2. The number of hydrogen-bond donors (Lipinski definition) is 0. The van der Waals surface area contributed by atoms with Crippen molar-refractivity contribution in [1.82, 2.24) is 0 Å². The minimum absolute atomic E-state index is 0. The zero-order valence-electron chi connectivity index (χ0n) is 1.62. The van der Waals surface area contributed by atoms with Gasteiger partial charge in [0.15, 0.2) is 0 Å². The summed E-state index contributed by atoms with van der Waals surface area (Å²) in [5, 5.41) is 0. The van der Waals surface area contributed by atoms with Crippen LogP contribution in [0.5, 0.6) is 0 Å². The van der Waals surface area contributed by atoms with Gasteiger partial charge in [-0.1, -0.05) is 0 Å². The second-order valence-corrected chi connectivity index (χ2v) is 0. The van der Waals surface area contributed by atoms with Gasteiger partial charge in [-0.2, -0.15) is 0 Å². The van der Waals surface area contributed by atoms with Gasteiger partial charge in [-0.15, -0.1) is 0 Å². The molecule has 0 fully saturated rings. The Morgan fingerprint density at radius 2 is 0.750 bits per heavy atom. The van der Waals surface area contributed by atoms with Crippen molar-refractivity contribution in [3.05, 3.63) is 0 Å². The minimum atomic E-state index is 0. The predicted molar refractivity (Wildman–Crippen MR) is 14.7 cm³/mol. The zero-order chi connectivity index (χ0) is 0. The molecule has 0 aliphatic rings. The van der Waals surface area contributed by atoms with Crippen LogP contribution in [-0.2, 0) is 49.4 Å². The van der Waals surface area contributed by atoms with Crippen molar-refractivity contribution in [1.29, 1.82) is 0 Å². The molecule has 0 rings (SSSR count). The van der Waals surface area contributed by atoms with Crippen molar-refractivity contribution >= 4 is 27.0 Å². The van der Waals surface area contributed by atoms with Gasteiger partial charge < -0.3 is 27.0 Å². The van der Waals surface area contributed by atoms with E-state index in [1.165, 1.54) is 0 Å². The molecule has 0 aromatic rings. The maximum Gasteiger partial charge on any atom is 3.00 e. The fourth-order valence-electron chi connectivity index (χ4n) is 0. The average molecular weight is 401 g/mol. The Kier molecular flexibility index (Phi) is 124. The Morgan fingerprint density at radius 1 is 0.750 bits per heavy atom. The molecule has 0 saturated heterocycles. The third kappa shape index (κ3) is 8.84. The summed E-state index contributed by atoms with van der Waals surface area (Å²) >= 11 is 0. The zero-order valence-corrected chi connectivity index (χ0v) is 8.56. The summed E-state index contributed by atoms with van der Waals surface area (Å²) in [6, 6.07) is 0. The number of rotatable bonds is 0. The first-order valence-corrected chi connectivity index (χ1v) is 0. The van der Waals surface area contributed by atoms with Crippen LogP contribution in [0.4, 0.5) is 0 Å². The predicted octanol–water partition coefficient (Wildman–Crippen LogP) is -0.00730. The third-order valence-corrected chi connectivity index (χ3v) is 0. The van der Waals surface area contributed by atoms with Gasteiger partial charge >= 0.3 is 64.1 Å². The van der Waals surface area contributed by atoms with E-state index >= 15 is 0 Å². The van der Waals surface area contributed by atoms with Crippen LogP contribution in [-0.4, -0.2) is 0 Å². The maximum absolute atomic E-state index is 0. The van der Waals surface area contributed by atoms with Crippen LogP contribution in [0.2, 0.25) is 0 Å². The van der Waals surface area contributed by atoms with Crippen molar-refractivity contribution in [3.63, 3.8) is 0 Å². The van der Waals surface area contributed by atoms with E-state index in [1.807, 2.05) is 0 Å². The second kappa shape index (κ2) is 17.0. The first-order chi connectivity index (χ1) is 0. The largest absolute Gasteiger partial charge is 3.00 e. The molecule has 4 heavy (non-hydrogen) atoms. The summed E-state index contributed by atoms with van der Waals surface area (Å²) in [6.45, 7) is 0. The van der Waals surface area contributed by atoms with Gasteiger partial charge in [-0.3, -0.25) is 0 Å². The van der Waals surface area contributed by atoms with Crippen LogP contribution in [0.3, 0.4) is 0 Å². The molecule has 0 amide bonds. The van der Waals surface area contributed by atoms with Gasteiger partial charge in [0.25, 0.3) is 0 Å². The van der Waals surface area contributed by atoms with Crippen molar-refractivity contribution in [2.24, 2.45) is 0 Å². The van der Waals surface area contributed by atoms with Crippen molar-refractivity contribution in [2.75, 3.05) is 0 Å². The Hall–Kier alpha value is 2.82. The van der Waals surface area contributed by atoms with Gasteiger partial charge in [0.1, 0.15) is 0 Å². The quantitative estimate of drug-likeness (QED) is 0.502. The van der Waals surface area contributed by atoms with E-state index in [2.05, 4.69) is 0 Å². The van der Waals surface area contributed by atoms with Crippen LogP contribution in [0, 0.1) is 41.7 Å². The summed E-state index contributed by atoms with van der Waals surface area (Å²) in [4.78, 5) is 0. The second-order valence-electron chi connectivity index (χ2n) is 0.